The standard InChI is InChI=1S/C13H8ClFO4/c1-18-13(17)11-5-4-10(19-11)12(16)7-2-3-8(14)9(15)6-7/h2-6H,1H3. The monoisotopic (exact) mass is 282 g/mol. The van der Waals surface area contributed by atoms with Crippen LogP contribution in [0.2, 0.25) is 5.02 Å². The summed E-state index contributed by atoms with van der Waals surface area (Å²) in [5.74, 6) is -2.12. The summed E-state index contributed by atoms with van der Waals surface area (Å²) in [6.45, 7) is 0. The minimum atomic E-state index is -0.702. The van der Waals surface area contributed by atoms with Crippen LogP contribution in [0.25, 0.3) is 0 Å². The van der Waals surface area contributed by atoms with Crippen molar-refractivity contribution in [3.8, 4) is 0 Å². The molecule has 6 heteroatoms. The van der Waals surface area contributed by atoms with Gasteiger partial charge in [-0.1, -0.05) is 11.6 Å². The SMILES string of the molecule is COC(=O)c1ccc(C(=O)c2ccc(Cl)c(F)c2)o1. The highest BCUT2D eigenvalue weighted by Gasteiger charge is 2.18. The highest BCUT2D eigenvalue weighted by molar-refractivity contribution is 6.30. The van der Waals surface area contributed by atoms with Crippen molar-refractivity contribution in [1.29, 1.82) is 0 Å². The van der Waals surface area contributed by atoms with Gasteiger partial charge in [-0.3, -0.25) is 4.79 Å². The molecule has 4 nitrogen and oxygen atoms in total. The molecule has 0 atom stereocenters. The van der Waals surface area contributed by atoms with Crippen molar-refractivity contribution in [2.24, 2.45) is 0 Å². The summed E-state index contributed by atoms with van der Waals surface area (Å²) in [6.07, 6.45) is 0. The first-order chi connectivity index (χ1) is 9.02. The Labute approximate surface area is 112 Å². The topological polar surface area (TPSA) is 56.5 Å². The molecule has 0 aliphatic rings. The van der Waals surface area contributed by atoms with Gasteiger partial charge in [-0.25, -0.2) is 9.18 Å². The quantitative estimate of drug-likeness (QED) is 0.641. The minimum absolute atomic E-state index is 0.0765. The Kier molecular flexibility index (Phi) is 3.66. The van der Waals surface area contributed by atoms with E-state index in [2.05, 4.69) is 4.74 Å². The zero-order chi connectivity index (χ0) is 14.0. The minimum Gasteiger partial charge on any atom is -0.463 e. The Morgan fingerprint density at radius 1 is 1.21 bits per heavy atom. The van der Waals surface area contributed by atoms with Crippen LogP contribution in [0.5, 0.6) is 0 Å². The van der Waals surface area contributed by atoms with Gasteiger partial charge in [0.05, 0.1) is 12.1 Å². The fraction of sp³-hybridized carbons (Fsp3) is 0.0769. The first kappa shape index (κ1) is 13.3. The summed E-state index contributed by atoms with van der Waals surface area (Å²) in [7, 11) is 1.20. The largest absolute Gasteiger partial charge is 0.463 e. The second kappa shape index (κ2) is 5.24. The summed E-state index contributed by atoms with van der Waals surface area (Å²) in [6, 6.07) is 6.28. The van der Waals surface area contributed by atoms with Crippen LogP contribution in [-0.4, -0.2) is 18.9 Å². The maximum atomic E-state index is 13.3. The summed E-state index contributed by atoms with van der Waals surface area (Å²) < 4.78 is 22.7. The van der Waals surface area contributed by atoms with Crippen LogP contribution in [0.15, 0.2) is 34.7 Å². The van der Waals surface area contributed by atoms with E-state index in [9.17, 15) is 14.0 Å². The van der Waals surface area contributed by atoms with E-state index in [1.165, 1.54) is 31.4 Å². The molecule has 0 aliphatic carbocycles. The smallest absolute Gasteiger partial charge is 0.373 e. The molecular weight excluding hydrogens is 275 g/mol. The maximum absolute atomic E-state index is 13.3. The highest BCUT2D eigenvalue weighted by Crippen LogP contribution is 2.19. The van der Waals surface area contributed by atoms with Crippen LogP contribution < -0.4 is 0 Å². The normalized spacial score (nSPS) is 10.3. The summed E-state index contributed by atoms with van der Waals surface area (Å²) >= 11 is 5.52. The molecule has 1 aromatic heterocycles. The zero-order valence-corrected chi connectivity index (χ0v) is 10.5. The van der Waals surface area contributed by atoms with E-state index in [1.807, 2.05) is 0 Å². The number of rotatable bonds is 3. The zero-order valence-electron chi connectivity index (χ0n) is 9.78. The van der Waals surface area contributed by atoms with Gasteiger partial charge in [0.2, 0.25) is 11.5 Å². The molecule has 0 aliphatic heterocycles. The van der Waals surface area contributed by atoms with Gasteiger partial charge in [0.25, 0.3) is 0 Å². The van der Waals surface area contributed by atoms with E-state index < -0.39 is 17.6 Å². The fourth-order valence-electron chi connectivity index (χ4n) is 1.45. The van der Waals surface area contributed by atoms with Gasteiger partial charge in [-0.05, 0) is 30.3 Å². The van der Waals surface area contributed by atoms with Crippen LogP contribution in [0.3, 0.4) is 0 Å². The van der Waals surface area contributed by atoms with E-state index in [4.69, 9.17) is 16.0 Å². The van der Waals surface area contributed by atoms with Crippen LogP contribution in [0, 0.1) is 5.82 Å². The van der Waals surface area contributed by atoms with E-state index >= 15 is 0 Å². The molecule has 0 bridgehead atoms. The lowest BCUT2D eigenvalue weighted by Crippen LogP contribution is -2.01. The molecule has 0 amide bonds. The number of methoxy groups -OCH3 is 1. The van der Waals surface area contributed by atoms with Crippen molar-refractivity contribution in [1.82, 2.24) is 0 Å². The van der Waals surface area contributed by atoms with Gasteiger partial charge >= 0.3 is 5.97 Å². The molecule has 0 radical (unpaired) electrons. The van der Waals surface area contributed by atoms with Crippen molar-refractivity contribution >= 4 is 23.4 Å². The van der Waals surface area contributed by atoms with Gasteiger partial charge in [-0.2, -0.15) is 0 Å². The number of halogens is 2. The van der Waals surface area contributed by atoms with Crippen molar-refractivity contribution in [3.05, 3.63) is 58.3 Å². The third-order valence-electron chi connectivity index (χ3n) is 2.40. The van der Waals surface area contributed by atoms with E-state index in [-0.39, 0.29) is 22.1 Å². The molecule has 1 aromatic carbocycles. The Bertz CT molecular complexity index is 648. The predicted molar refractivity (Wildman–Crippen MR) is 64.9 cm³/mol. The van der Waals surface area contributed by atoms with Crippen LogP contribution in [0.1, 0.15) is 26.7 Å². The molecule has 2 rings (SSSR count). The molecule has 0 saturated carbocycles. The summed E-state index contributed by atoms with van der Waals surface area (Å²) in [5, 5.41) is -0.0776. The van der Waals surface area contributed by atoms with Gasteiger partial charge in [0.1, 0.15) is 5.82 Å². The van der Waals surface area contributed by atoms with E-state index in [0.717, 1.165) is 6.07 Å². The number of carbonyl (C=O) groups excluding carboxylic acids is 2. The number of ketones is 1. The Morgan fingerprint density at radius 3 is 2.53 bits per heavy atom. The molecule has 0 spiro atoms. The van der Waals surface area contributed by atoms with Crippen molar-refractivity contribution in [2.75, 3.05) is 7.11 Å². The average Bonchev–Trinajstić information content (AvgIpc) is 2.89. The Morgan fingerprint density at radius 2 is 1.89 bits per heavy atom. The number of furan rings is 1. The lowest BCUT2D eigenvalue weighted by Gasteiger charge is -1.99. The second-order valence-corrected chi connectivity index (χ2v) is 4.02. The predicted octanol–water partition coefficient (Wildman–Crippen LogP) is 3.09. The lowest BCUT2D eigenvalue weighted by atomic mass is 10.1. The number of hydrogen-bond acceptors (Lipinski definition) is 4. The second-order valence-electron chi connectivity index (χ2n) is 3.61. The molecule has 0 unspecified atom stereocenters. The number of carbonyl (C=O) groups is 2. The van der Waals surface area contributed by atoms with Gasteiger partial charge in [0, 0.05) is 5.56 Å². The molecule has 98 valence electrons. The number of ether oxygens (including phenoxy) is 1. The number of esters is 1. The molecule has 1 heterocycles. The molecular formula is C13H8ClFO4. The summed E-state index contributed by atoms with van der Waals surface area (Å²) in [4.78, 5) is 23.2. The van der Waals surface area contributed by atoms with Crippen LogP contribution in [-0.2, 0) is 4.74 Å². The number of hydrogen-bond donors (Lipinski definition) is 0. The number of benzene rings is 1. The van der Waals surface area contributed by atoms with Crippen molar-refractivity contribution < 1.29 is 23.1 Å². The first-order valence-electron chi connectivity index (χ1n) is 5.21. The van der Waals surface area contributed by atoms with Crippen molar-refractivity contribution in [3.63, 3.8) is 0 Å². The van der Waals surface area contributed by atoms with E-state index in [0.29, 0.717) is 0 Å². The fourth-order valence-corrected chi connectivity index (χ4v) is 1.57. The third-order valence-corrected chi connectivity index (χ3v) is 2.70. The Hall–Kier alpha value is -2.14. The first-order valence-corrected chi connectivity index (χ1v) is 5.58. The van der Waals surface area contributed by atoms with Gasteiger partial charge in [-0.15, -0.1) is 0 Å². The Balaban J connectivity index is 2.31. The third kappa shape index (κ3) is 2.66. The van der Waals surface area contributed by atoms with Gasteiger partial charge in [0.15, 0.2) is 5.76 Å². The molecule has 19 heavy (non-hydrogen) atoms. The molecule has 0 saturated heterocycles. The molecule has 0 N–H and O–H groups in total. The van der Waals surface area contributed by atoms with Crippen LogP contribution in [0.4, 0.5) is 4.39 Å². The van der Waals surface area contributed by atoms with E-state index in [1.54, 1.807) is 0 Å². The highest BCUT2D eigenvalue weighted by atomic mass is 35.5. The molecule has 2 aromatic rings. The lowest BCUT2D eigenvalue weighted by molar-refractivity contribution is 0.0563. The molecule has 0 fully saturated rings. The average molecular weight is 283 g/mol. The van der Waals surface area contributed by atoms with Crippen molar-refractivity contribution in [2.45, 2.75) is 0 Å². The van der Waals surface area contributed by atoms with Crippen LogP contribution >= 0.6 is 11.6 Å². The maximum Gasteiger partial charge on any atom is 0.373 e. The van der Waals surface area contributed by atoms with Gasteiger partial charge < -0.3 is 9.15 Å². The summed E-state index contributed by atoms with van der Waals surface area (Å²) in [5.41, 5.74) is 0.0765.